The molecule has 1 heterocycles. The number of carbonyl (C=O) groups excluding carboxylic acids is 2. The zero-order valence-corrected chi connectivity index (χ0v) is 19.2. The number of hydrogen-bond donors (Lipinski definition) is 1. The molecule has 0 bridgehead atoms. The molecule has 0 spiro atoms. The van der Waals surface area contributed by atoms with E-state index in [9.17, 15) is 9.59 Å². The lowest BCUT2D eigenvalue weighted by Gasteiger charge is -2.14. The molecule has 1 fully saturated rings. The number of carbonyl (C=O) groups is 2. The van der Waals surface area contributed by atoms with E-state index in [0.717, 1.165) is 24.8 Å². The average molecular weight is 479 g/mol. The van der Waals surface area contributed by atoms with Crippen LogP contribution in [0.15, 0.2) is 53.4 Å². The van der Waals surface area contributed by atoms with Gasteiger partial charge in [0.2, 0.25) is 5.91 Å². The number of thioether (sulfide) groups is 1. The molecule has 3 rings (SSSR count). The molecular formula is C22H20Cl2N2O2S2. The molecule has 2 aromatic rings. The van der Waals surface area contributed by atoms with Crippen molar-refractivity contribution in [2.75, 3.05) is 11.9 Å². The van der Waals surface area contributed by atoms with Crippen molar-refractivity contribution >= 4 is 75.1 Å². The predicted octanol–water partition coefficient (Wildman–Crippen LogP) is 6.39. The van der Waals surface area contributed by atoms with Crippen molar-refractivity contribution in [2.45, 2.75) is 25.7 Å². The van der Waals surface area contributed by atoms with E-state index in [0.29, 0.717) is 37.9 Å². The van der Waals surface area contributed by atoms with Gasteiger partial charge < -0.3 is 5.32 Å². The molecular weight excluding hydrogens is 459 g/mol. The van der Waals surface area contributed by atoms with Gasteiger partial charge in [-0.2, -0.15) is 0 Å². The summed E-state index contributed by atoms with van der Waals surface area (Å²) in [4.78, 5) is 26.9. The number of halogens is 2. The lowest BCUT2D eigenvalue weighted by Crippen LogP contribution is -2.29. The highest BCUT2D eigenvalue weighted by molar-refractivity contribution is 8.26. The number of anilines is 1. The van der Waals surface area contributed by atoms with Crippen LogP contribution in [0.2, 0.25) is 10.0 Å². The normalized spacial score (nSPS) is 15.1. The average Bonchev–Trinajstić information content (AvgIpc) is 2.96. The van der Waals surface area contributed by atoms with Crippen molar-refractivity contribution in [3.8, 4) is 0 Å². The van der Waals surface area contributed by atoms with Crippen LogP contribution in [-0.4, -0.2) is 27.6 Å². The van der Waals surface area contributed by atoms with Gasteiger partial charge in [-0.1, -0.05) is 71.8 Å². The maximum atomic E-state index is 12.6. The molecule has 156 valence electrons. The standard InChI is InChI=1S/C22H20Cl2N2O2S2/c23-16-10-8-15(9-11-16)13-19-21(28)26(22(29)30-19)12-3-1-2-7-20(27)25-18-6-4-5-17(24)14-18/h4-6,8-11,13-14H,1-3,7,12H2,(H,25,27). The van der Waals surface area contributed by atoms with Crippen molar-refractivity contribution < 1.29 is 9.59 Å². The van der Waals surface area contributed by atoms with Crippen LogP contribution in [0.25, 0.3) is 6.08 Å². The molecule has 1 saturated heterocycles. The molecule has 0 radical (unpaired) electrons. The number of benzene rings is 2. The molecule has 2 aromatic carbocycles. The Labute approximate surface area is 195 Å². The first-order valence-corrected chi connectivity index (χ1v) is 11.5. The maximum Gasteiger partial charge on any atom is 0.266 e. The Balaban J connectivity index is 1.41. The summed E-state index contributed by atoms with van der Waals surface area (Å²) in [5.41, 5.74) is 1.60. The van der Waals surface area contributed by atoms with Crippen LogP contribution >= 0.6 is 47.2 Å². The molecule has 0 atom stereocenters. The van der Waals surface area contributed by atoms with Crippen LogP contribution in [0.4, 0.5) is 5.69 Å². The van der Waals surface area contributed by atoms with E-state index < -0.39 is 0 Å². The third-order valence-electron chi connectivity index (χ3n) is 4.44. The first kappa shape index (κ1) is 22.8. The molecule has 0 aromatic heterocycles. The van der Waals surface area contributed by atoms with Crippen LogP contribution in [0.3, 0.4) is 0 Å². The predicted molar refractivity (Wildman–Crippen MR) is 130 cm³/mol. The van der Waals surface area contributed by atoms with E-state index in [4.69, 9.17) is 35.4 Å². The van der Waals surface area contributed by atoms with E-state index >= 15 is 0 Å². The molecule has 1 aliphatic rings. The van der Waals surface area contributed by atoms with Crippen LogP contribution < -0.4 is 5.32 Å². The van der Waals surface area contributed by atoms with Gasteiger partial charge in [0.05, 0.1) is 4.91 Å². The minimum absolute atomic E-state index is 0.0474. The van der Waals surface area contributed by atoms with Crippen molar-refractivity contribution in [3.63, 3.8) is 0 Å². The fourth-order valence-corrected chi connectivity index (χ4v) is 4.55. The van der Waals surface area contributed by atoms with Crippen LogP contribution in [-0.2, 0) is 9.59 Å². The van der Waals surface area contributed by atoms with Crippen molar-refractivity contribution in [3.05, 3.63) is 69.0 Å². The lowest BCUT2D eigenvalue weighted by atomic mass is 10.1. The third kappa shape index (κ3) is 6.57. The number of thiocarbonyl (C=S) groups is 1. The Morgan fingerprint density at radius 2 is 1.83 bits per heavy atom. The fraction of sp³-hybridized carbons (Fsp3) is 0.227. The Bertz CT molecular complexity index is 977. The smallest absolute Gasteiger partial charge is 0.266 e. The fourth-order valence-electron chi connectivity index (χ4n) is 2.93. The maximum absolute atomic E-state index is 12.6. The zero-order valence-electron chi connectivity index (χ0n) is 16.1. The van der Waals surface area contributed by atoms with Gasteiger partial charge in [-0.05, 0) is 54.8 Å². The van der Waals surface area contributed by atoms with E-state index in [1.807, 2.05) is 18.2 Å². The number of nitrogens with one attached hydrogen (secondary N) is 1. The van der Waals surface area contributed by atoms with Gasteiger partial charge in [0.25, 0.3) is 5.91 Å². The Morgan fingerprint density at radius 1 is 1.07 bits per heavy atom. The van der Waals surface area contributed by atoms with Crippen LogP contribution in [0.5, 0.6) is 0 Å². The number of amides is 2. The topological polar surface area (TPSA) is 49.4 Å². The molecule has 0 unspecified atom stereocenters. The number of rotatable bonds is 8. The van der Waals surface area contributed by atoms with Gasteiger partial charge >= 0.3 is 0 Å². The SMILES string of the molecule is O=C(CCCCCN1C(=O)C(=Cc2ccc(Cl)cc2)SC1=S)Nc1cccc(Cl)c1. The highest BCUT2D eigenvalue weighted by Gasteiger charge is 2.31. The minimum atomic E-state index is -0.0707. The van der Waals surface area contributed by atoms with Gasteiger partial charge in [-0.15, -0.1) is 0 Å². The van der Waals surface area contributed by atoms with E-state index in [1.165, 1.54) is 11.8 Å². The summed E-state index contributed by atoms with van der Waals surface area (Å²) < 4.78 is 0.568. The molecule has 0 saturated carbocycles. The summed E-state index contributed by atoms with van der Waals surface area (Å²) in [7, 11) is 0. The second-order valence-corrected chi connectivity index (χ2v) is 9.30. The summed E-state index contributed by atoms with van der Waals surface area (Å²) in [5.74, 6) is -0.118. The second-order valence-electron chi connectivity index (χ2n) is 6.75. The molecule has 1 N–H and O–H groups in total. The summed E-state index contributed by atoms with van der Waals surface area (Å²) >= 11 is 18.5. The summed E-state index contributed by atoms with van der Waals surface area (Å²) in [6.07, 6.45) is 4.60. The van der Waals surface area contributed by atoms with Crippen LogP contribution in [0.1, 0.15) is 31.2 Å². The second kappa shape index (κ2) is 11.0. The Hall–Kier alpha value is -1.86. The molecule has 4 nitrogen and oxygen atoms in total. The lowest BCUT2D eigenvalue weighted by molar-refractivity contribution is -0.122. The molecule has 2 amide bonds. The van der Waals surface area contributed by atoms with Gasteiger partial charge in [0.1, 0.15) is 4.32 Å². The highest BCUT2D eigenvalue weighted by atomic mass is 35.5. The summed E-state index contributed by atoms with van der Waals surface area (Å²) in [6, 6.07) is 14.4. The van der Waals surface area contributed by atoms with Crippen molar-refractivity contribution in [2.24, 2.45) is 0 Å². The van der Waals surface area contributed by atoms with Crippen molar-refractivity contribution in [1.82, 2.24) is 4.90 Å². The number of unbranched alkanes of at least 4 members (excludes halogenated alkanes) is 2. The van der Waals surface area contributed by atoms with E-state index in [1.54, 1.807) is 41.3 Å². The summed E-state index contributed by atoms with van der Waals surface area (Å²) in [6.45, 7) is 0.554. The Kier molecular flexibility index (Phi) is 8.33. The highest BCUT2D eigenvalue weighted by Crippen LogP contribution is 2.33. The third-order valence-corrected chi connectivity index (χ3v) is 6.30. The summed E-state index contributed by atoms with van der Waals surface area (Å²) in [5, 5.41) is 4.07. The Morgan fingerprint density at radius 3 is 2.57 bits per heavy atom. The van der Waals surface area contributed by atoms with Gasteiger partial charge in [-0.25, -0.2) is 0 Å². The molecule has 0 aliphatic carbocycles. The van der Waals surface area contributed by atoms with E-state index in [2.05, 4.69) is 5.32 Å². The largest absolute Gasteiger partial charge is 0.326 e. The van der Waals surface area contributed by atoms with E-state index in [-0.39, 0.29) is 11.8 Å². The van der Waals surface area contributed by atoms with Gasteiger partial charge in [0.15, 0.2) is 0 Å². The first-order chi connectivity index (χ1) is 14.4. The quantitative estimate of drug-likeness (QED) is 0.271. The molecule has 1 aliphatic heterocycles. The molecule has 30 heavy (non-hydrogen) atoms. The van der Waals surface area contributed by atoms with Gasteiger partial charge in [0, 0.05) is 28.7 Å². The van der Waals surface area contributed by atoms with Crippen LogP contribution in [0, 0.1) is 0 Å². The first-order valence-electron chi connectivity index (χ1n) is 9.49. The number of hydrogen-bond acceptors (Lipinski definition) is 4. The van der Waals surface area contributed by atoms with Crippen molar-refractivity contribution in [1.29, 1.82) is 0 Å². The molecule has 8 heteroatoms. The van der Waals surface area contributed by atoms with Gasteiger partial charge in [-0.3, -0.25) is 14.5 Å². The monoisotopic (exact) mass is 478 g/mol. The number of nitrogens with zero attached hydrogens (tertiary/aromatic N) is 1. The minimum Gasteiger partial charge on any atom is -0.326 e. The zero-order chi connectivity index (χ0) is 21.5.